The van der Waals surface area contributed by atoms with E-state index in [0.29, 0.717) is 18.6 Å². The number of ketones is 1. The van der Waals surface area contributed by atoms with Crippen LogP contribution in [0.15, 0.2) is 24.4 Å². The first kappa shape index (κ1) is 15.4. The van der Waals surface area contributed by atoms with Crippen molar-refractivity contribution in [1.29, 1.82) is 0 Å². The van der Waals surface area contributed by atoms with Gasteiger partial charge in [0.25, 0.3) is 0 Å². The van der Waals surface area contributed by atoms with E-state index in [2.05, 4.69) is 0 Å². The average molecular weight is 289 g/mol. The third kappa shape index (κ3) is 3.04. The third-order valence-electron chi connectivity index (χ3n) is 3.92. The van der Waals surface area contributed by atoms with Crippen molar-refractivity contribution in [1.82, 2.24) is 4.57 Å². The van der Waals surface area contributed by atoms with Gasteiger partial charge < -0.3 is 0 Å². The molecule has 0 amide bonds. The second-order valence-corrected chi connectivity index (χ2v) is 5.07. The molecule has 3 nitrogen and oxygen atoms in total. The molecule has 1 aliphatic rings. The number of Topliss-reactive ketones (excluding diaryl/α,β-unsaturated/α-hetero) is 1. The zero-order valence-electron chi connectivity index (χ0n) is 12.4. The lowest BCUT2D eigenvalue weighted by molar-refractivity contribution is -0.120. The van der Waals surface area contributed by atoms with Crippen LogP contribution in [0.2, 0.25) is 0 Å². The average Bonchev–Trinajstić information content (AvgIpc) is 2.88. The predicted octanol–water partition coefficient (Wildman–Crippen LogP) is 4.07. The van der Waals surface area contributed by atoms with Crippen molar-refractivity contribution in [2.75, 3.05) is 0 Å². The van der Waals surface area contributed by atoms with E-state index in [-0.39, 0.29) is 11.7 Å². The lowest BCUT2D eigenvalue weighted by atomic mass is 9.83. The van der Waals surface area contributed by atoms with E-state index in [1.165, 1.54) is 16.7 Å². The van der Waals surface area contributed by atoms with Gasteiger partial charge in [0.1, 0.15) is 11.6 Å². The summed E-state index contributed by atoms with van der Waals surface area (Å²) >= 11 is 0. The van der Waals surface area contributed by atoms with Gasteiger partial charge in [-0.25, -0.2) is 4.39 Å². The maximum absolute atomic E-state index is 13.4. The normalized spacial score (nSPS) is 15.7. The number of aromatic nitrogens is 1. The van der Waals surface area contributed by atoms with E-state index in [4.69, 9.17) is 0 Å². The largest absolute Gasteiger partial charge is 0.300 e. The molecule has 0 saturated heterocycles. The Bertz CT molecular complexity index is 650. The van der Waals surface area contributed by atoms with Crippen LogP contribution in [0, 0.1) is 5.82 Å². The monoisotopic (exact) mass is 289 g/mol. The second-order valence-electron chi connectivity index (χ2n) is 5.07. The summed E-state index contributed by atoms with van der Waals surface area (Å²) in [6, 6.07) is 4.45. The molecule has 112 valence electrons. The second kappa shape index (κ2) is 6.66. The molecule has 1 saturated carbocycles. The van der Waals surface area contributed by atoms with Crippen molar-refractivity contribution in [3.8, 4) is 0 Å². The van der Waals surface area contributed by atoms with E-state index in [0.717, 1.165) is 35.7 Å². The van der Waals surface area contributed by atoms with Crippen molar-refractivity contribution >= 4 is 23.1 Å². The zero-order valence-corrected chi connectivity index (χ0v) is 12.4. The van der Waals surface area contributed by atoms with Crippen LogP contribution >= 0.6 is 0 Å². The lowest BCUT2D eigenvalue weighted by Crippen LogP contribution is -2.12. The Kier molecular flexibility index (Phi) is 4.89. The third-order valence-corrected chi connectivity index (χ3v) is 3.92. The van der Waals surface area contributed by atoms with Crippen LogP contribution in [-0.4, -0.2) is 16.8 Å². The van der Waals surface area contributed by atoms with Crippen LogP contribution in [0.25, 0.3) is 10.9 Å². The molecular formula is C17H20FNO2. The summed E-state index contributed by atoms with van der Waals surface area (Å²) < 4.78 is 14.9. The predicted molar refractivity (Wildman–Crippen MR) is 81.6 cm³/mol. The van der Waals surface area contributed by atoms with Crippen LogP contribution < -0.4 is 0 Å². The summed E-state index contributed by atoms with van der Waals surface area (Å²) in [4.78, 5) is 22.4. The summed E-state index contributed by atoms with van der Waals surface area (Å²) in [5.74, 6) is 0.231. The molecule has 0 aliphatic heterocycles. The molecule has 1 fully saturated rings. The van der Waals surface area contributed by atoms with Crippen LogP contribution in [0.5, 0.6) is 0 Å². The number of benzene rings is 1. The standard InChI is InChI=1S/C15H14FNO2.C2H6/c16-11-3-6-15-13(7-11)14(8-17(15)9-18)10-1-4-12(19)5-2-10;1-2/h3,6-10H,1-2,4-5H2;1-2H3. The first-order valence-corrected chi connectivity index (χ1v) is 7.46. The van der Waals surface area contributed by atoms with E-state index >= 15 is 0 Å². The van der Waals surface area contributed by atoms with Gasteiger partial charge in [-0.05, 0) is 42.5 Å². The number of halogens is 1. The van der Waals surface area contributed by atoms with Gasteiger partial charge in [0.05, 0.1) is 5.52 Å². The van der Waals surface area contributed by atoms with Crippen LogP contribution in [0.3, 0.4) is 0 Å². The fourth-order valence-electron chi connectivity index (χ4n) is 2.92. The quantitative estimate of drug-likeness (QED) is 0.782. The topological polar surface area (TPSA) is 39.1 Å². The lowest BCUT2D eigenvalue weighted by Gasteiger charge is -2.20. The van der Waals surface area contributed by atoms with Gasteiger partial charge in [-0.15, -0.1) is 0 Å². The molecule has 4 heteroatoms. The summed E-state index contributed by atoms with van der Waals surface area (Å²) in [6.07, 6.45) is 5.23. The molecule has 21 heavy (non-hydrogen) atoms. The summed E-state index contributed by atoms with van der Waals surface area (Å²) in [5.41, 5.74) is 1.71. The minimum absolute atomic E-state index is 0.239. The van der Waals surface area contributed by atoms with Crippen molar-refractivity contribution in [3.05, 3.63) is 35.8 Å². The fourth-order valence-corrected chi connectivity index (χ4v) is 2.92. The van der Waals surface area contributed by atoms with Crippen molar-refractivity contribution in [3.63, 3.8) is 0 Å². The Balaban J connectivity index is 0.000000774. The van der Waals surface area contributed by atoms with Gasteiger partial charge in [0.15, 0.2) is 0 Å². The number of rotatable bonds is 2. The maximum Gasteiger partial charge on any atom is 0.218 e. The van der Waals surface area contributed by atoms with Crippen LogP contribution in [-0.2, 0) is 9.59 Å². The SMILES string of the molecule is CC.O=Cn1cc(C2CCC(=O)CC2)c2cc(F)ccc21. The highest BCUT2D eigenvalue weighted by atomic mass is 19.1. The number of nitrogens with zero attached hydrogens (tertiary/aromatic N) is 1. The maximum atomic E-state index is 13.4. The van der Waals surface area contributed by atoms with Crippen molar-refractivity contribution < 1.29 is 14.0 Å². The highest BCUT2D eigenvalue weighted by Gasteiger charge is 2.23. The molecule has 1 aromatic heterocycles. The Morgan fingerprint density at radius 3 is 2.52 bits per heavy atom. The Hall–Kier alpha value is -1.97. The Labute approximate surface area is 123 Å². The number of carbonyl (C=O) groups excluding carboxylic acids is 2. The van der Waals surface area contributed by atoms with Crippen LogP contribution in [0.1, 0.15) is 51.0 Å². The van der Waals surface area contributed by atoms with E-state index in [1.807, 2.05) is 13.8 Å². The van der Waals surface area contributed by atoms with Gasteiger partial charge in [-0.3, -0.25) is 14.2 Å². The molecular weight excluding hydrogens is 269 g/mol. The van der Waals surface area contributed by atoms with E-state index in [1.54, 1.807) is 12.3 Å². The van der Waals surface area contributed by atoms with Crippen LogP contribution in [0.4, 0.5) is 4.39 Å². The highest BCUT2D eigenvalue weighted by Crippen LogP contribution is 2.36. The van der Waals surface area contributed by atoms with Gasteiger partial charge >= 0.3 is 0 Å². The minimum Gasteiger partial charge on any atom is -0.300 e. The molecule has 0 radical (unpaired) electrons. The number of hydrogen-bond acceptors (Lipinski definition) is 2. The molecule has 2 aromatic rings. The molecule has 0 spiro atoms. The van der Waals surface area contributed by atoms with Gasteiger partial charge in [0.2, 0.25) is 6.41 Å². The minimum atomic E-state index is -0.302. The zero-order chi connectivity index (χ0) is 15.4. The van der Waals surface area contributed by atoms with Crippen molar-refractivity contribution in [2.24, 2.45) is 0 Å². The van der Waals surface area contributed by atoms with Gasteiger partial charge in [0, 0.05) is 24.4 Å². The number of fused-ring (bicyclic) bond motifs is 1. The first-order valence-electron chi connectivity index (χ1n) is 7.46. The molecule has 0 atom stereocenters. The highest BCUT2D eigenvalue weighted by molar-refractivity contribution is 5.89. The summed E-state index contributed by atoms with van der Waals surface area (Å²) in [6.45, 7) is 4.00. The van der Waals surface area contributed by atoms with Gasteiger partial charge in [-0.1, -0.05) is 13.8 Å². The molecule has 1 aromatic carbocycles. The number of carbonyl (C=O) groups is 2. The molecule has 3 rings (SSSR count). The van der Waals surface area contributed by atoms with Gasteiger partial charge in [-0.2, -0.15) is 0 Å². The smallest absolute Gasteiger partial charge is 0.218 e. The Morgan fingerprint density at radius 1 is 1.24 bits per heavy atom. The van der Waals surface area contributed by atoms with E-state index < -0.39 is 0 Å². The first-order chi connectivity index (χ1) is 10.2. The Morgan fingerprint density at radius 2 is 1.90 bits per heavy atom. The molecule has 1 heterocycles. The molecule has 0 bridgehead atoms. The van der Waals surface area contributed by atoms with E-state index in [9.17, 15) is 14.0 Å². The summed E-state index contributed by atoms with van der Waals surface area (Å²) in [5, 5.41) is 0.784. The fraction of sp³-hybridized carbons (Fsp3) is 0.412. The van der Waals surface area contributed by atoms with Crippen molar-refractivity contribution in [2.45, 2.75) is 45.4 Å². The molecule has 0 unspecified atom stereocenters. The number of hydrogen-bond donors (Lipinski definition) is 0. The summed E-state index contributed by atoms with van der Waals surface area (Å²) in [7, 11) is 0. The molecule has 1 aliphatic carbocycles. The molecule has 0 N–H and O–H groups in total.